The summed E-state index contributed by atoms with van der Waals surface area (Å²) >= 11 is 2.14. The van der Waals surface area contributed by atoms with Crippen LogP contribution in [0.5, 0.6) is 5.75 Å². The fourth-order valence-corrected chi connectivity index (χ4v) is 5.75. The van der Waals surface area contributed by atoms with E-state index in [1.54, 1.807) is 42.7 Å². The number of aromatic nitrogens is 1. The number of aryl methyl sites for hydroxylation is 1. The number of nitrogens with zero attached hydrogens (tertiary/aromatic N) is 1. The predicted molar refractivity (Wildman–Crippen MR) is 145 cm³/mol. The third-order valence-corrected chi connectivity index (χ3v) is 7.48. The molecule has 2 aromatic heterocycles. The number of fused-ring (bicyclic) bond motifs is 3. The lowest BCUT2D eigenvalue weighted by Crippen LogP contribution is -2.15. The Morgan fingerprint density at radius 2 is 1.94 bits per heavy atom. The summed E-state index contributed by atoms with van der Waals surface area (Å²) in [5, 5.41) is 4.20. The lowest BCUT2D eigenvalue weighted by atomic mass is 10.0. The van der Waals surface area contributed by atoms with Gasteiger partial charge in [-0.15, -0.1) is 0 Å². The minimum absolute atomic E-state index is 0.106. The predicted octanol–water partition coefficient (Wildman–Crippen LogP) is 5.84. The first kappa shape index (κ1) is 23.9. The molecule has 1 aliphatic carbocycles. The first-order valence-corrected chi connectivity index (χ1v) is 14.2. The van der Waals surface area contributed by atoms with Crippen molar-refractivity contribution in [2.45, 2.75) is 38.7 Å². The van der Waals surface area contributed by atoms with E-state index in [2.05, 4.69) is 37.6 Å². The number of sulfonamides is 1. The number of halogens is 1. The van der Waals surface area contributed by atoms with Gasteiger partial charge in [0, 0.05) is 28.9 Å². The molecule has 0 atom stereocenters. The molecule has 8 nitrogen and oxygen atoms in total. The van der Waals surface area contributed by atoms with Gasteiger partial charge in [0.2, 0.25) is 10.0 Å². The summed E-state index contributed by atoms with van der Waals surface area (Å²) in [5.74, 6) is 0.269. The van der Waals surface area contributed by atoms with Crippen LogP contribution < -0.4 is 14.8 Å². The van der Waals surface area contributed by atoms with E-state index in [1.807, 2.05) is 6.92 Å². The van der Waals surface area contributed by atoms with Crippen molar-refractivity contribution in [3.05, 3.63) is 57.4 Å². The van der Waals surface area contributed by atoms with Gasteiger partial charge in [-0.05, 0) is 91.1 Å². The number of furan rings is 1. The number of hydrogen-bond acceptors (Lipinski definition) is 6. The Labute approximate surface area is 216 Å². The van der Waals surface area contributed by atoms with Crippen LogP contribution in [0.4, 0.5) is 11.4 Å². The van der Waals surface area contributed by atoms with E-state index in [4.69, 9.17) is 9.15 Å². The molecular weight excluding hydrogens is 581 g/mol. The molecule has 4 aromatic rings. The van der Waals surface area contributed by atoms with Gasteiger partial charge in [-0.25, -0.2) is 8.42 Å². The molecule has 35 heavy (non-hydrogen) atoms. The molecule has 2 N–H and O–H groups in total. The quantitative estimate of drug-likeness (QED) is 0.268. The molecule has 2 aromatic carbocycles. The smallest absolute Gasteiger partial charge is 0.256 e. The number of carbonyl (C=O) groups is 1. The van der Waals surface area contributed by atoms with Crippen molar-refractivity contribution >= 4 is 71.8 Å². The van der Waals surface area contributed by atoms with Gasteiger partial charge >= 0.3 is 0 Å². The summed E-state index contributed by atoms with van der Waals surface area (Å²) in [6.45, 7) is 1.88. The Balaban J connectivity index is 1.66. The maximum atomic E-state index is 13.5. The molecule has 182 valence electrons. The van der Waals surface area contributed by atoms with E-state index in [0.29, 0.717) is 44.6 Å². The number of hydrogen-bond donors (Lipinski definition) is 2. The van der Waals surface area contributed by atoms with Gasteiger partial charge < -0.3 is 14.5 Å². The van der Waals surface area contributed by atoms with Gasteiger partial charge in [0.1, 0.15) is 5.58 Å². The van der Waals surface area contributed by atoms with Crippen molar-refractivity contribution in [2.24, 2.45) is 0 Å². The number of anilines is 2. The van der Waals surface area contributed by atoms with Crippen molar-refractivity contribution in [1.82, 2.24) is 4.98 Å². The van der Waals surface area contributed by atoms with Crippen LogP contribution in [0.15, 0.2) is 47.1 Å². The average molecular weight is 605 g/mol. The van der Waals surface area contributed by atoms with Gasteiger partial charge in [0.05, 0.1) is 27.2 Å². The molecular formula is C25H24IN3O5S. The molecule has 0 saturated heterocycles. The van der Waals surface area contributed by atoms with Crippen LogP contribution in [0.3, 0.4) is 0 Å². The highest BCUT2D eigenvalue weighted by Crippen LogP contribution is 2.40. The van der Waals surface area contributed by atoms with Crippen molar-refractivity contribution in [1.29, 1.82) is 0 Å². The van der Waals surface area contributed by atoms with Crippen LogP contribution in [-0.2, 0) is 10.0 Å². The summed E-state index contributed by atoms with van der Waals surface area (Å²) in [6.07, 6.45) is 8.79. The number of amides is 1. The van der Waals surface area contributed by atoms with Crippen LogP contribution in [0.1, 0.15) is 41.6 Å². The SMILES string of the molecule is Cc1cncc(I)c1NC(=O)c1ccc(OC2CCCC2)c2oc3ccc(NS(C)(=O)=O)cc3c12. The fourth-order valence-electron chi connectivity index (χ4n) is 4.47. The van der Waals surface area contributed by atoms with Crippen LogP contribution >= 0.6 is 22.6 Å². The van der Waals surface area contributed by atoms with Crippen LogP contribution in [0.2, 0.25) is 0 Å². The van der Waals surface area contributed by atoms with Crippen LogP contribution in [0.25, 0.3) is 21.9 Å². The van der Waals surface area contributed by atoms with Crippen molar-refractivity contribution < 1.29 is 22.4 Å². The molecule has 1 fully saturated rings. The number of nitrogens with one attached hydrogen (secondary N) is 2. The Hall–Kier alpha value is -2.86. The zero-order valence-corrected chi connectivity index (χ0v) is 22.2. The fraction of sp³-hybridized carbons (Fsp3) is 0.280. The second-order valence-corrected chi connectivity index (χ2v) is 11.7. The highest BCUT2D eigenvalue weighted by molar-refractivity contribution is 14.1. The van der Waals surface area contributed by atoms with Crippen molar-refractivity contribution in [2.75, 3.05) is 16.3 Å². The Kier molecular flexibility index (Phi) is 6.34. The van der Waals surface area contributed by atoms with E-state index in [9.17, 15) is 13.2 Å². The molecule has 2 heterocycles. The number of rotatable bonds is 6. The second-order valence-electron chi connectivity index (χ2n) is 8.79. The first-order chi connectivity index (χ1) is 16.7. The summed E-state index contributed by atoms with van der Waals surface area (Å²) in [7, 11) is -3.47. The average Bonchev–Trinajstić information content (AvgIpc) is 3.43. The first-order valence-electron chi connectivity index (χ1n) is 11.2. The molecule has 1 saturated carbocycles. The van der Waals surface area contributed by atoms with Gasteiger partial charge in [-0.3, -0.25) is 14.5 Å². The summed E-state index contributed by atoms with van der Waals surface area (Å²) in [5.41, 5.74) is 3.33. The number of carbonyl (C=O) groups excluding carboxylic acids is 1. The van der Waals surface area contributed by atoms with Crippen molar-refractivity contribution in [3.8, 4) is 5.75 Å². The summed E-state index contributed by atoms with van der Waals surface area (Å²) in [4.78, 5) is 17.7. The zero-order valence-electron chi connectivity index (χ0n) is 19.2. The van der Waals surface area contributed by atoms with Gasteiger partial charge in [-0.2, -0.15) is 0 Å². The molecule has 0 spiro atoms. The normalized spacial score (nSPS) is 14.5. The summed E-state index contributed by atoms with van der Waals surface area (Å²) in [6, 6.07) is 8.51. The van der Waals surface area contributed by atoms with Gasteiger partial charge in [0.15, 0.2) is 11.3 Å². The Morgan fingerprint density at radius 1 is 1.17 bits per heavy atom. The molecule has 10 heteroatoms. The van der Waals surface area contributed by atoms with E-state index >= 15 is 0 Å². The highest BCUT2D eigenvalue weighted by atomic mass is 127. The standard InChI is InChI=1S/C25H24IN3O5S/c1-14-12-27-13-19(26)23(14)28-25(30)17-8-10-21(33-16-5-3-4-6-16)24-22(17)18-11-15(29-35(2,31)32)7-9-20(18)34-24/h7-13,16,29H,3-6H2,1-2H3,(H,27,28,30). The molecule has 0 unspecified atom stereocenters. The van der Waals surface area contributed by atoms with Crippen LogP contribution in [0, 0.1) is 10.5 Å². The maximum Gasteiger partial charge on any atom is 0.256 e. The second kappa shape index (κ2) is 9.30. The van der Waals surface area contributed by atoms with E-state index < -0.39 is 10.0 Å². The van der Waals surface area contributed by atoms with Gasteiger partial charge in [-0.1, -0.05) is 0 Å². The Bertz CT molecular complexity index is 1540. The highest BCUT2D eigenvalue weighted by Gasteiger charge is 2.24. The van der Waals surface area contributed by atoms with E-state index in [-0.39, 0.29) is 12.0 Å². The maximum absolute atomic E-state index is 13.5. The molecule has 0 radical (unpaired) electrons. The van der Waals surface area contributed by atoms with Gasteiger partial charge in [0.25, 0.3) is 5.91 Å². The third-order valence-electron chi connectivity index (χ3n) is 6.05. The van der Waals surface area contributed by atoms with Crippen molar-refractivity contribution in [3.63, 3.8) is 0 Å². The zero-order chi connectivity index (χ0) is 24.7. The molecule has 1 amide bonds. The largest absolute Gasteiger partial charge is 0.486 e. The number of benzene rings is 2. The monoisotopic (exact) mass is 605 g/mol. The topological polar surface area (TPSA) is 111 Å². The molecule has 5 rings (SSSR count). The van der Waals surface area contributed by atoms with E-state index in [0.717, 1.165) is 41.1 Å². The number of ether oxygens (including phenoxy) is 1. The van der Waals surface area contributed by atoms with Crippen LogP contribution in [-0.4, -0.2) is 31.7 Å². The molecule has 0 bridgehead atoms. The minimum atomic E-state index is -3.47. The van der Waals surface area contributed by atoms with E-state index in [1.165, 1.54) is 0 Å². The Morgan fingerprint density at radius 3 is 2.66 bits per heavy atom. The number of pyridine rings is 1. The third kappa shape index (κ3) is 4.94. The molecule has 1 aliphatic rings. The lowest BCUT2D eigenvalue weighted by Gasteiger charge is -2.15. The molecule has 0 aliphatic heterocycles. The summed E-state index contributed by atoms with van der Waals surface area (Å²) < 4.78 is 39.4. The minimum Gasteiger partial charge on any atom is -0.486 e. The lowest BCUT2D eigenvalue weighted by molar-refractivity contribution is 0.102.